The highest BCUT2D eigenvalue weighted by Gasteiger charge is 2.19. The van der Waals surface area contributed by atoms with Crippen LogP contribution in [0.5, 0.6) is 0 Å². The average molecular weight is 359 g/mol. The molecule has 5 nitrogen and oxygen atoms in total. The van der Waals surface area contributed by atoms with Crippen molar-refractivity contribution < 1.29 is 4.79 Å². The van der Waals surface area contributed by atoms with Crippen LogP contribution in [0.3, 0.4) is 0 Å². The van der Waals surface area contributed by atoms with Crippen LogP contribution in [0.4, 0.5) is 5.69 Å². The molecule has 0 aliphatic rings. The molecular formula is C19H26N4OS. The van der Waals surface area contributed by atoms with Crippen LogP contribution in [0.25, 0.3) is 0 Å². The van der Waals surface area contributed by atoms with E-state index in [1.165, 1.54) is 17.3 Å². The van der Waals surface area contributed by atoms with E-state index in [1.54, 1.807) is 6.08 Å². The lowest BCUT2D eigenvalue weighted by atomic mass is 9.87. The molecule has 25 heavy (non-hydrogen) atoms. The maximum absolute atomic E-state index is 12.5. The molecule has 134 valence electrons. The van der Waals surface area contributed by atoms with Crippen molar-refractivity contribution >= 4 is 23.4 Å². The van der Waals surface area contributed by atoms with Crippen LogP contribution >= 0.6 is 11.8 Å². The Morgan fingerprint density at radius 2 is 1.96 bits per heavy atom. The largest absolute Gasteiger partial charge is 0.325 e. The number of thioether (sulfide) groups is 1. The second-order valence-corrected chi connectivity index (χ2v) is 8.31. The van der Waals surface area contributed by atoms with Crippen LogP contribution in [0, 0.1) is 6.92 Å². The van der Waals surface area contributed by atoms with Crippen molar-refractivity contribution in [2.45, 2.75) is 57.0 Å². The van der Waals surface area contributed by atoms with Crippen LogP contribution in [0.2, 0.25) is 0 Å². The Kier molecular flexibility index (Phi) is 6.06. The van der Waals surface area contributed by atoms with Gasteiger partial charge in [0.05, 0.1) is 5.25 Å². The average Bonchev–Trinajstić information content (AvgIpc) is 2.88. The molecule has 0 saturated carbocycles. The van der Waals surface area contributed by atoms with Crippen LogP contribution in [-0.2, 0) is 16.8 Å². The van der Waals surface area contributed by atoms with Crippen LogP contribution in [0.1, 0.15) is 39.1 Å². The van der Waals surface area contributed by atoms with E-state index in [4.69, 9.17) is 0 Å². The molecule has 1 N–H and O–H groups in total. The second kappa shape index (κ2) is 7.87. The SMILES string of the molecule is C=CCn1c(C)nnc1SC(C)C(=O)Nc1ccc(C(C)(C)C)cc1. The first-order valence-electron chi connectivity index (χ1n) is 8.31. The van der Waals surface area contributed by atoms with Gasteiger partial charge in [-0.15, -0.1) is 16.8 Å². The van der Waals surface area contributed by atoms with Crippen molar-refractivity contribution in [3.63, 3.8) is 0 Å². The van der Waals surface area contributed by atoms with Gasteiger partial charge in [-0.05, 0) is 37.0 Å². The summed E-state index contributed by atoms with van der Waals surface area (Å²) >= 11 is 1.40. The van der Waals surface area contributed by atoms with Gasteiger partial charge < -0.3 is 9.88 Å². The Hall–Kier alpha value is -2.08. The summed E-state index contributed by atoms with van der Waals surface area (Å²) in [7, 11) is 0. The molecule has 2 aromatic rings. The Morgan fingerprint density at radius 1 is 1.32 bits per heavy atom. The quantitative estimate of drug-likeness (QED) is 0.621. The smallest absolute Gasteiger partial charge is 0.237 e. The first-order chi connectivity index (χ1) is 11.7. The number of nitrogens with one attached hydrogen (secondary N) is 1. The van der Waals surface area contributed by atoms with E-state index in [2.05, 4.69) is 55.0 Å². The van der Waals surface area contributed by atoms with Gasteiger partial charge in [0.2, 0.25) is 5.91 Å². The van der Waals surface area contributed by atoms with E-state index < -0.39 is 0 Å². The molecule has 0 saturated heterocycles. The molecule has 0 fully saturated rings. The van der Waals surface area contributed by atoms with Gasteiger partial charge in [0, 0.05) is 12.2 Å². The highest BCUT2D eigenvalue weighted by molar-refractivity contribution is 8.00. The zero-order valence-electron chi connectivity index (χ0n) is 15.5. The lowest BCUT2D eigenvalue weighted by molar-refractivity contribution is -0.115. The summed E-state index contributed by atoms with van der Waals surface area (Å²) < 4.78 is 1.94. The summed E-state index contributed by atoms with van der Waals surface area (Å²) in [6, 6.07) is 8.00. The van der Waals surface area contributed by atoms with E-state index in [0.29, 0.717) is 6.54 Å². The van der Waals surface area contributed by atoms with E-state index in [-0.39, 0.29) is 16.6 Å². The van der Waals surface area contributed by atoms with E-state index >= 15 is 0 Å². The number of nitrogens with zero attached hydrogens (tertiary/aromatic N) is 3. The van der Waals surface area contributed by atoms with Gasteiger partial charge in [-0.2, -0.15) is 0 Å². The van der Waals surface area contributed by atoms with Crippen molar-refractivity contribution in [3.8, 4) is 0 Å². The summed E-state index contributed by atoms with van der Waals surface area (Å²) in [5.74, 6) is 0.757. The minimum Gasteiger partial charge on any atom is -0.325 e. The fourth-order valence-electron chi connectivity index (χ4n) is 2.30. The highest BCUT2D eigenvalue weighted by Crippen LogP contribution is 2.25. The number of hydrogen-bond donors (Lipinski definition) is 1. The molecule has 1 heterocycles. The monoisotopic (exact) mass is 358 g/mol. The normalized spacial score (nSPS) is 12.7. The zero-order valence-corrected chi connectivity index (χ0v) is 16.4. The number of allylic oxidation sites excluding steroid dienone is 1. The van der Waals surface area contributed by atoms with E-state index in [0.717, 1.165) is 16.7 Å². The molecule has 1 aromatic carbocycles. The zero-order chi connectivity index (χ0) is 18.6. The fraction of sp³-hybridized carbons (Fsp3) is 0.421. The summed E-state index contributed by atoms with van der Waals surface area (Å²) in [6.45, 7) is 14.6. The Balaban J connectivity index is 2.02. The first kappa shape index (κ1) is 19.2. The number of aryl methyl sites for hydroxylation is 1. The third kappa shape index (κ3) is 4.95. The molecule has 0 bridgehead atoms. The second-order valence-electron chi connectivity index (χ2n) is 7.01. The van der Waals surface area contributed by atoms with Gasteiger partial charge in [-0.3, -0.25) is 4.79 Å². The molecular weight excluding hydrogens is 332 g/mol. The van der Waals surface area contributed by atoms with Crippen LogP contribution < -0.4 is 5.32 Å². The van der Waals surface area contributed by atoms with E-state index in [9.17, 15) is 4.79 Å². The number of anilines is 1. The van der Waals surface area contributed by atoms with Gasteiger partial charge in [0.15, 0.2) is 5.16 Å². The van der Waals surface area contributed by atoms with Gasteiger partial charge in [0.1, 0.15) is 5.82 Å². The standard InChI is InChI=1S/C19H26N4OS/c1-7-12-23-14(3)21-22-18(23)25-13(2)17(24)20-16-10-8-15(9-11-16)19(4,5)6/h7-11,13H,1,12H2,2-6H3,(H,20,24). The third-order valence-electron chi connectivity index (χ3n) is 3.88. The van der Waals surface area contributed by atoms with Crippen LogP contribution in [0.15, 0.2) is 42.1 Å². The molecule has 6 heteroatoms. The molecule has 0 aliphatic carbocycles. The van der Waals surface area contributed by atoms with E-state index in [1.807, 2.05) is 30.5 Å². The fourth-order valence-corrected chi connectivity index (χ4v) is 3.20. The van der Waals surface area contributed by atoms with Crippen LogP contribution in [-0.4, -0.2) is 25.9 Å². The van der Waals surface area contributed by atoms with Gasteiger partial charge >= 0.3 is 0 Å². The number of amides is 1. The Morgan fingerprint density at radius 3 is 2.52 bits per heavy atom. The van der Waals surface area contributed by atoms with Crippen molar-refractivity contribution in [1.29, 1.82) is 0 Å². The maximum Gasteiger partial charge on any atom is 0.237 e. The van der Waals surface area contributed by atoms with Gasteiger partial charge in [0.25, 0.3) is 0 Å². The minimum absolute atomic E-state index is 0.0562. The summed E-state index contributed by atoms with van der Waals surface area (Å²) in [6.07, 6.45) is 1.79. The predicted octanol–water partition coefficient (Wildman–Crippen LogP) is 4.19. The van der Waals surface area contributed by atoms with Crippen molar-refractivity contribution in [2.75, 3.05) is 5.32 Å². The van der Waals surface area contributed by atoms with Crippen molar-refractivity contribution in [3.05, 3.63) is 48.3 Å². The number of hydrogen-bond acceptors (Lipinski definition) is 4. The highest BCUT2D eigenvalue weighted by atomic mass is 32.2. The maximum atomic E-state index is 12.5. The minimum atomic E-state index is -0.283. The first-order valence-corrected chi connectivity index (χ1v) is 9.19. The molecule has 0 spiro atoms. The Bertz CT molecular complexity index is 744. The topological polar surface area (TPSA) is 59.8 Å². The molecule has 0 aliphatic heterocycles. The number of benzene rings is 1. The number of rotatable bonds is 6. The lowest BCUT2D eigenvalue weighted by Gasteiger charge is -2.19. The van der Waals surface area contributed by atoms with Crippen molar-refractivity contribution in [2.24, 2.45) is 0 Å². The predicted molar refractivity (Wildman–Crippen MR) is 104 cm³/mol. The molecule has 1 unspecified atom stereocenters. The molecule has 1 amide bonds. The third-order valence-corrected chi connectivity index (χ3v) is 4.96. The summed E-state index contributed by atoms with van der Waals surface area (Å²) in [5, 5.41) is 11.6. The molecule has 2 rings (SSSR count). The number of carbonyl (C=O) groups is 1. The molecule has 1 aromatic heterocycles. The lowest BCUT2D eigenvalue weighted by Crippen LogP contribution is -2.23. The number of aromatic nitrogens is 3. The van der Waals surface area contributed by atoms with Crippen molar-refractivity contribution in [1.82, 2.24) is 14.8 Å². The molecule has 1 atom stereocenters. The summed E-state index contributed by atoms with van der Waals surface area (Å²) in [5.41, 5.74) is 2.13. The summed E-state index contributed by atoms with van der Waals surface area (Å²) in [4.78, 5) is 12.5. The molecule has 0 radical (unpaired) electrons. The number of carbonyl (C=O) groups excluding carboxylic acids is 1. The Labute approximate surface area is 153 Å². The van der Waals surface area contributed by atoms with Gasteiger partial charge in [-0.25, -0.2) is 0 Å². The van der Waals surface area contributed by atoms with Gasteiger partial charge in [-0.1, -0.05) is 50.7 Å².